The van der Waals surface area contributed by atoms with E-state index in [4.69, 9.17) is 10.5 Å². The highest BCUT2D eigenvalue weighted by atomic mass is 19.1. The quantitative estimate of drug-likeness (QED) is 0.896. The average Bonchev–Trinajstić information content (AvgIpc) is 2.38. The fraction of sp³-hybridized carbons (Fsp3) is 0.625. The molecule has 2 nitrogen and oxygen atoms in total. The summed E-state index contributed by atoms with van der Waals surface area (Å²) in [6, 6.07) is 5.52. The van der Waals surface area contributed by atoms with Crippen LogP contribution < -0.4 is 10.5 Å². The van der Waals surface area contributed by atoms with Crippen LogP contribution in [-0.2, 0) is 11.2 Å². The van der Waals surface area contributed by atoms with E-state index in [0.29, 0.717) is 5.56 Å². The Balaban J connectivity index is 2.47. The molecule has 0 unspecified atom stereocenters. The average molecular weight is 265 g/mol. The van der Waals surface area contributed by atoms with E-state index >= 15 is 0 Å². The highest BCUT2D eigenvalue weighted by molar-refractivity contribution is 5.43. The Bertz CT molecular complexity index is 445. The van der Waals surface area contributed by atoms with Gasteiger partial charge in [0, 0.05) is 11.1 Å². The smallest absolute Gasteiger partial charge is 0.130 e. The summed E-state index contributed by atoms with van der Waals surface area (Å²) in [5.41, 5.74) is 6.46. The van der Waals surface area contributed by atoms with E-state index in [9.17, 15) is 4.39 Å². The fourth-order valence-corrected chi connectivity index (χ4v) is 2.92. The minimum Gasteiger partial charge on any atom is -0.496 e. The van der Waals surface area contributed by atoms with Gasteiger partial charge < -0.3 is 10.5 Å². The van der Waals surface area contributed by atoms with Crippen molar-refractivity contribution in [3.8, 4) is 5.75 Å². The lowest BCUT2D eigenvalue weighted by molar-refractivity contribution is 0.220. The molecule has 1 aromatic carbocycles. The summed E-state index contributed by atoms with van der Waals surface area (Å²) in [5.74, 6) is 0.775. The van der Waals surface area contributed by atoms with Crippen LogP contribution in [-0.4, -0.2) is 7.11 Å². The van der Waals surface area contributed by atoms with Crippen LogP contribution in [0.2, 0.25) is 0 Å². The van der Waals surface area contributed by atoms with Gasteiger partial charge in [-0.05, 0) is 44.4 Å². The first-order valence-corrected chi connectivity index (χ1v) is 7.04. The Kier molecular flexibility index (Phi) is 3.86. The van der Waals surface area contributed by atoms with Crippen LogP contribution in [0.4, 0.5) is 4.39 Å². The number of halogens is 1. The summed E-state index contributed by atoms with van der Waals surface area (Å²) in [4.78, 5) is 0. The van der Waals surface area contributed by atoms with Gasteiger partial charge in [0.05, 0.1) is 7.11 Å². The van der Waals surface area contributed by atoms with Crippen molar-refractivity contribution in [2.45, 2.75) is 57.2 Å². The van der Waals surface area contributed by atoms with Crippen molar-refractivity contribution in [2.75, 3.05) is 7.11 Å². The van der Waals surface area contributed by atoms with E-state index in [-0.39, 0.29) is 5.54 Å². The molecule has 0 saturated heterocycles. The van der Waals surface area contributed by atoms with Gasteiger partial charge in [-0.1, -0.05) is 25.3 Å². The zero-order valence-corrected chi connectivity index (χ0v) is 12.1. The minimum atomic E-state index is -1.36. The summed E-state index contributed by atoms with van der Waals surface area (Å²) >= 11 is 0. The maximum Gasteiger partial charge on any atom is 0.130 e. The van der Waals surface area contributed by atoms with E-state index in [2.05, 4.69) is 0 Å². The van der Waals surface area contributed by atoms with Gasteiger partial charge in [-0.15, -0.1) is 0 Å². The first kappa shape index (κ1) is 14.3. The van der Waals surface area contributed by atoms with Gasteiger partial charge in [-0.25, -0.2) is 4.39 Å². The normalized spacial score (nSPS) is 19.2. The first-order chi connectivity index (χ1) is 8.87. The summed E-state index contributed by atoms with van der Waals surface area (Å²) in [7, 11) is 1.64. The van der Waals surface area contributed by atoms with Crippen LogP contribution in [0.5, 0.6) is 5.75 Å². The van der Waals surface area contributed by atoms with Crippen LogP contribution in [0, 0.1) is 0 Å². The molecule has 0 aliphatic heterocycles. The molecule has 0 atom stereocenters. The Morgan fingerprint density at radius 3 is 2.37 bits per heavy atom. The van der Waals surface area contributed by atoms with Crippen molar-refractivity contribution in [2.24, 2.45) is 5.73 Å². The van der Waals surface area contributed by atoms with Gasteiger partial charge in [0.1, 0.15) is 11.4 Å². The highest BCUT2D eigenvalue weighted by Gasteiger charge is 2.33. The molecule has 1 fully saturated rings. The number of alkyl halides is 1. The van der Waals surface area contributed by atoms with Crippen molar-refractivity contribution >= 4 is 0 Å². The Morgan fingerprint density at radius 2 is 1.84 bits per heavy atom. The minimum absolute atomic E-state index is 0.370. The van der Waals surface area contributed by atoms with Gasteiger partial charge >= 0.3 is 0 Å². The zero-order valence-electron chi connectivity index (χ0n) is 12.1. The lowest BCUT2D eigenvalue weighted by Crippen LogP contribution is -2.39. The number of hydrogen-bond acceptors (Lipinski definition) is 2. The lowest BCUT2D eigenvalue weighted by atomic mass is 9.76. The van der Waals surface area contributed by atoms with Gasteiger partial charge in [0.15, 0.2) is 0 Å². The van der Waals surface area contributed by atoms with Crippen molar-refractivity contribution in [1.82, 2.24) is 0 Å². The van der Waals surface area contributed by atoms with Crippen LogP contribution >= 0.6 is 0 Å². The van der Waals surface area contributed by atoms with Gasteiger partial charge in [-0.2, -0.15) is 0 Å². The SMILES string of the molecule is COc1ccc(C(C)(C)F)cc1C1(N)CCCCC1. The van der Waals surface area contributed by atoms with Gasteiger partial charge in [0.2, 0.25) is 0 Å². The van der Waals surface area contributed by atoms with Crippen molar-refractivity contribution < 1.29 is 9.13 Å². The van der Waals surface area contributed by atoms with E-state index in [1.165, 1.54) is 6.42 Å². The van der Waals surface area contributed by atoms with E-state index < -0.39 is 5.67 Å². The molecule has 106 valence electrons. The number of ether oxygens (including phenoxy) is 1. The number of rotatable bonds is 3. The predicted octanol–water partition coefficient (Wildman–Crippen LogP) is 4.02. The summed E-state index contributed by atoms with van der Waals surface area (Å²) in [6.07, 6.45) is 5.38. The molecule has 0 bridgehead atoms. The summed E-state index contributed by atoms with van der Waals surface area (Å²) < 4.78 is 19.6. The topological polar surface area (TPSA) is 35.2 Å². The molecule has 19 heavy (non-hydrogen) atoms. The third-order valence-corrected chi connectivity index (χ3v) is 4.17. The molecule has 3 heteroatoms. The number of nitrogens with two attached hydrogens (primary N) is 1. The van der Waals surface area contributed by atoms with Crippen LogP contribution in [0.25, 0.3) is 0 Å². The lowest BCUT2D eigenvalue weighted by Gasteiger charge is -2.35. The second-order valence-corrected chi connectivity index (χ2v) is 6.10. The number of hydrogen-bond donors (Lipinski definition) is 1. The third-order valence-electron chi connectivity index (χ3n) is 4.17. The molecule has 0 heterocycles. The van der Waals surface area contributed by atoms with Gasteiger partial charge in [-0.3, -0.25) is 0 Å². The molecule has 2 rings (SSSR count). The second kappa shape index (κ2) is 5.12. The van der Waals surface area contributed by atoms with Crippen LogP contribution in [0.3, 0.4) is 0 Å². The molecule has 2 N–H and O–H groups in total. The highest BCUT2D eigenvalue weighted by Crippen LogP contribution is 2.41. The predicted molar refractivity (Wildman–Crippen MR) is 76.1 cm³/mol. The van der Waals surface area contributed by atoms with Crippen molar-refractivity contribution in [3.63, 3.8) is 0 Å². The van der Waals surface area contributed by atoms with E-state index in [1.807, 2.05) is 12.1 Å². The molecule has 0 aromatic heterocycles. The molecule has 1 aliphatic carbocycles. The molecule has 1 saturated carbocycles. The Labute approximate surface area is 115 Å². The first-order valence-electron chi connectivity index (χ1n) is 7.04. The zero-order chi connectivity index (χ0) is 14.1. The molecule has 0 spiro atoms. The maximum absolute atomic E-state index is 14.1. The van der Waals surface area contributed by atoms with Crippen molar-refractivity contribution in [1.29, 1.82) is 0 Å². The number of methoxy groups -OCH3 is 1. The van der Waals surface area contributed by atoms with E-state index in [1.54, 1.807) is 27.0 Å². The monoisotopic (exact) mass is 265 g/mol. The largest absolute Gasteiger partial charge is 0.496 e. The van der Waals surface area contributed by atoms with Crippen LogP contribution in [0.15, 0.2) is 18.2 Å². The Morgan fingerprint density at radius 1 is 1.21 bits per heavy atom. The third kappa shape index (κ3) is 2.92. The molecular formula is C16H24FNO. The maximum atomic E-state index is 14.1. The second-order valence-electron chi connectivity index (χ2n) is 6.10. The molecule has 0 radical (unpaired) electrons. The summed E-state index contributed by atoms with van der Waals surface area (Å²) in [5, 5.41) is 0. The molecule has 1 aromatic rings. The van der Waals surface area contributed by atoms with Gasteiger partial charge in [0.25, 0.3) is 0 Å². The molecular weight excluding hydrogens is 241 g/mol. The van der Waals surface area contributed by atoms with Crippen LogP contribution in [0.1, 0.15) is 57.1 Å². The Hall–Kier alpha value is -1.09. The summed E-state index contributed by atoms with van der Waals surface area (Å²) in [6.45, 7) is 3.14. The molecule has 0 amide bonds. The standard InChI is InChI=1S/C16H24FNO/c1-15(2,17)12-7-8-14(19-3)13(11-12)16(18)9-5-4-6-10-16/h7-8,11H,4-6,9-10,18H2,1-3H3. The molecule has 1 aliphatic rings. The van der Waals surface area contributed by atoms with Crippen molar-refractivity contribution in [3.05, 3.63) is 29.3 Å². The fourth-order valence-electron chi connectivity index (χ4n) is 2.92. The number of benzene rings is 1. The van der Waals surface area contributed by atoms with E-state index in [0.717, 1.165) is 37.0 Å².